The molecular formula is C19H27N3O3. The largest absolute Gasteiger partial charge is 0.339 e. The van der Waals surface area contributed by atoms with Gasteiger partial charge in [0.05, 0.1) is 0 Å². The maximum Gasteiger partial charge on any atom is 0.254 e. The minimum atomic E-state index is -0.171. The summed E-state index contributed by atoms with van der Waals surface area (Å²) in [5.41, 5.74) is 1.12. The molecule has 1 fully saturated rings. The summed E-state index contributed by atoms with van der Waals surface area (Å²) in [4.78, 5) is 39.7. The number of piperazine rings is 1. The zero-order valence-electron chi connectivity index (χ0n) is 15.5. The average molecular weight is 345 g/mol. The highest BCUT2D eigenvalue weighted by atomic mass is 16.2. The van der Waals surface area contributed by atoms with Crippen LogP contribution >= 0.6 is 0 Å². The molecule has 6 heteroatoms. The lowest BCUT2D eigenvalue weighted by atomic mass is 9.91. The standard InChI is InChI=1S/C19H27N3O3/c1-14(23)20-16-7-5-6-15(12-16)18(25)22-10-8-21(9-11-22)17(24)13-19(2,3)4/h5-7,12H,8-11,13H2,1-4H3,(H,20,23). The van der Waals surface area contributed by atoms with Gasteiger partial charge in [-0.3, -0.25) is 14.4 Å². The van der Waals surface area contributed by atoms with Gasteiger partial charge in [0.15, 0.2) is 0 Å². The Morgan fingerprint density at radius 2 is 1.64 bits per heavy atom. The molecule has 136 valence electrons. The molecule has 3 amide bonds. The van der Waals surface area contributed by atoms with Crippen LogP contribution < -0.4 is 5.32 Å². The number of carbonyl (C=O) groups excluding carboxylic acids is 3. The Balaban J connectivity index is 1.95. The highest BCUT2D eigenvalue weighted by Crippen LogP contribution is 2.21. The first kappa shape index (κ1) is 19.0. The summed E-state index contributed by atoms with van der Waals surface area (Å²) in [5.74, 6) is -0.0991. The summed E-state index contributed by atoms with van der Waals surface area (Å²) >= 11 is 0. The molecule has 1 aromatic rings. The van der Waals surface area contributed by atoms with Crippen LogP contribution in [0.3, 0.4) is 0 Å². The number of anilines is 1. The zero-order chi connectivity index (χ0) is 18.6. The molecule has 0 aliphatic carbocycles. The molecule has 0 bridgehead atoms. The van der Waals surface area contributed by atoms with Crippen molar-refractivity contribution in [3.63, 3.8) is 0 Å². The highest BCUT2D eigenvalue weighted by molar-refractivity contribution is 5.97. The summed E-state index contributed by atoms with van der Waals surface area (Å²) in [6.07, 6.45) is 0.514. The molecule has 0 unspecified atom stereocenters. The van der Waals surface area contributed by atoms with E-state index in [0.29, 0.717) is 43.9 Å². The minimum Gasteiger partial charge on any atom is -0.339 e. The van der Waals surface area contributed by atoms with Crippen LogP contribution in [-0.4, -0.2) is 53.7 Å². The Kier molecular flexibility index (Phi) is 5.82. The Morgan fingerprint density at radius 3 is 2.20 bits per heavy atom. The molecule has 1 aliphatic rings. The lowest BCUT2D eigenvalue weighted by molar-refractivity contribution is -0.134. The molecule has 0 aromatic heterocycles. The van der Waals surface area contributed by atoms with Crippen LogP contribution in [0.2, 0.25) is 0 Å². The number of nitrogens with zero attached hydrogens (tertiary/aromatic N) is 2. The first-order chi connectivity index (χ1) is 11.7. The number of hydrogen-bond donors (Lipinski definition) is 1. The predicted octanol–water partition coefficient (Wildman–Crippen LogP) is 2.37. The Labute approximate surface area is 149 Å². The number of carbonyl (C=O) groups is 3. The minimum absolute atomic E-state index is 0.0335. The van der Waals surface area contributed by atoms with E-state index in [-0.39, 0.29) is 23.1 Å². The fourth-order valence-corrected chi connectivity index (χ4v) is 2.84. The molecule has 0 saturated carbocycles. The Hall–Kier alpha value is -2.37. The normalized spacial score (nSPS) is 15.0. The highest BCUT2D eigenvalue weighted by Gasteiger charge is 2.27. The second kappa shape index (κ2) is 7.68. The lowest BCUT2D eigenvalue weighted by Crippen LogP contribution is -2.51. The molecule has 1 heterocycles. The molecule has 25 heavy (non-hydrogen) atoms. The van der Waals surface area contributed by atoms with Crippen molar-refractivity contribution >= 4 is 23.4 Å². The SMILES string of the molecule is CC(=O)Nc1cccc(C(=O)N2CCN(C(=O)CC(C)(C)C)CC2)c1. The van der Waals surface area contributed by atoms with Gasteiger partial charge >= 0.3 is 0 Å². The zero-order valence-corrected chi connectivity index (χ0v) is 15.5. The number of rotatable bonds is 3. The van der Waals surface area contributed by atoms with E-state index in [2.05, 4.69) is 5.32 Å². The first-order valence-electron chi connectivity index (χ1n) is 8.60. The van der Waals surface area contributed by atoms with Crippen molar-refractivity contribution in [3.8, 4) is 0 Å². The second-order valence-electron chi connectivity index (χ2n) is 7.67. The maximum atomic E-state index is 12.7. The van der Waals surface area contributed by atoms with Gasteiger partial charge in [0.2, 0.25) is 11.8 Å². The third-order valence-electron chi connectivity index (χ3n) is 4.03. The molecule has 1 aliphatic heterocycles. The van der Waals surface area contributed by atoms with Crippen molar-refractivity contribution in [1.29, 1.82) is 0 Å². The molecule has 0 radical (unpaired) electrons. The smallest absolute Gasteiger partial charge is 0.254 e. The summed E-state index contributed by atoms with van der Waals surface area (Å²) in [5, 5.41) is 2.68. The fraction of sp³-hybridized carbons (Fsp3) is 0.526. The van der Waals surface area contributed by atoms with Crippen molar-refractivity contribution in [2.24, 2.45) is 5.41 Å². The van der Waals surface area contributed by atoms with Crippen molar-refractivity contribution < 1.29 is 14.4 Å². The average Bonchev–Trinajstić information content (AvgIpc) is 2.52. The second-order valence-corrected chi connectivity index (χ2v) is 7.67. The van der Waals surface area contributed by atoms with Gasteiger partial charge in [0, 0.05) is 50.8 Å². The van der Waals surface area contributed by atoms with E-state index in [1.54, 1.807) is 29.2 Å². The van der Waals surface area contributed by atoms with E-state index in [4.69, 9.17) is 0 Å². The Morgan fingerprint density at radius 1 is 1.04 bits per heavy atom. The molecule has 6 nitrogen and oxygen atoms in total. The van der Waals surface area contributed by atoms with Gasteiger partial charge in [-0.25, -0.2) is 0 Å². The third kappa shape index (κ3) is 5.59. The van der Waals surface area contributed by atoms with Gasteiger partial charge in [-0.1, -0.05) is 26.8 Å². The van der Waals surface area contributed by atoms with Gasteiger partial charge in [-0.05, 0) is 23.6 Å². The fourth-order valence-electron chi connectivity index (χ4n) is 2.84. The molecule has 1 aromatic carbocycles. The van der Waals surface area contributed by atoms with Gasteiger partial charge in [0.1, 0.15) is 0 Å². The molecule has 0 spiro atoms. The van der Waals surface area contributed by atoms with Crippen LogP contribution in [0, 0.1) is 5.41 Å². The summed E-state index contributed by atoms with van der Waals surface area (Å²) < 4.78 is 0. The van der Waals surface area contributed by atoms with Crippen LogP contribution in [0.5, 0.6) is 0 Å². The van der Waals surface area contributed by atoms with E-state index in [1.165, 1.54) is 6.92 Å². The van der Waals surface area contributed by atoms with Gasteiger partial charge in [-0.15, -0.1) is 0 Å². The van der Waals surface area contributed by atoms with E-state index < -0.39 is 0 Å². The predicted molar refractivity (Wildman–Crippen MR) is 97.3 cm³/mol. The molecule has 2 rings (SSSR count). The third-order valence-corrected chi connectivity index (χ3v) is 4.03. The van der Waals surface area contributed by atoms with Crippen LogP contribution in [-0.2, 0) is 9.59 Å². The van der Waals surface area contributed by atoms with Crippen molar-refractivity contribution in [2.75, 3.05) is 31.5 Å². The molecular weight excluding hydrogens is 318 g/mol. The van der Waals surface area contributed by atoms with Crippen molar-refractivity contribution in [3.05, 3.63) is 29.8 Å². The molecule has 1 N–H and O–H groups in total. The van der Waals surface area contributed by atoms with Gasteiger partial charge in [0.25, 0.3) is 5.91 Å². The number of nitrogens with one attached hydrogen (secondary N) is 1. The van der Waals surface area contributed by atoms with E-state index in [1.807, 2.05) is 25.7 Å². The topological polar surface area (TPSA) is 69.7 Å². The van der Waals surface area contributed by atoms with E-state index in [9.17, 15) is 14.4 Å². The van der Waals surface area contributed by atoms with Crippen molar-refractivity contribution in [1.82, 2.24) is 9.80 Å². The summed E-state index contributed by atoms with van der Waals surface area (Å²) in [6, 6.07) is 6.93. The Bertz CT molecular complexity index is 656. The maximum absolute atomic E-state index is 12.7. The number of hydrogen-bond acceptors (Lipinski definition) is 3. The van der Waals surface area contributed by atoms with Crippen LogP contribution in [0.1, 0.15) is 44.5 Å². The lowest BCUT2D eigenvalue weighted by Gasteiger charge is -2.36. The van der Waals surface area contributed by atoms with E-state index >= 15 is 0 Å². The number of benzene rings is 1. The van der Waals surface area contributed by atoms with Crippen LogP contribution in [0.15, 0.2) is 24.3 Å². The summed E-state index contributed by atoms with van der Waals surface area (Å²) in [7, 11) is 0. The van der Waals surface area contributed by atoms with Crippen molar-refractivity contribution in [2.45, 2.75) is 34.1 Å². The monoisotopic (exact) mass is 345 g/mol. The molecule has 0 atom stereocenters. The number of amides is 3. The quantitative estimate of drug-likeness (QED) is 0.914. The van der Waals surface area contributed by atoms with Crippen LogP contribution in [0.25, 0.3) is 0 Å². The van der Waals surface area contributed by atoms with Crippen LogP contribution in [0.4, 0.5) is 5.69 Å². The molecule has 1 saturated heterocycles. The van der Waals surface area contributed by atoms with Gasteiger partial charge < -0.3 is 15.1 Å². The first-order valence-corrected chi connectivity index (χ1v) is 8.60. The van der Waals surface area contributed by atoms with Gasteiger partial charge in [-0.2, -0.15) is 0 Å². The summed E-state index contributed by atoms with van der Waals surface area (Å²) in [6.45, 7) is 9.75. The van der Waals surface area contributed by atoms with E-state index in [0.717, 1.165) is 0 Å².